The molecule has 1 atom stereocenters. The van der Waals surface area contributed by atoms with Crippen molar-refractivity contribution in [2.45, 2.75) is 31.8 Å². The molecule has 184 valence electrons. The number of ether oxygens (including phenoxy) is 2. The van der Waals surface area contributed by atoms with Gasteiger partial charge in [-0.3, -0.25) is 13.9 Å². The number of hydrogen-bond donors (Lipinski definition) is 2. The van der Waals surface area contributed by atoms with Crippen molar-refractivity contribution in [2.24, 2.45) is 0 Å². The summed E-state index contributed by atoms with van der Waals surface area (Å²) in [5.41, 5.74) is 1.18. The number of carbonyl (C=O) groups excluding carboxylic acids is 2. The third kappa shape index (κ3) is 6.94. The average molecular weight is 490 g/mol. The van der Waals surface area contributed by atoms with E-state index in [9.17, 15) is 18.0 Å². The zero-order valence-electron chi connectivity index (χ0n) is 19.5. The first-order valence-electron chi connectivity index (χ1n) is 11.2. The van der Waals surface area contributed by atoms with Crippen molar-refractivity contribution >= 4 is 33.2 Å². The quantitative estimate of drug-likeness (QED) is 0.502. The molecule has 10 heteroatoms. The van der Waals surface area contributed by atoms with E-state index < -0.39 is 10.0 Å². The largest absolute Gasteiger partial charge is 0.495 e. The molecule has 2 aromatic rings. The Morgan fingerprint density at radius 3 is 2.59 bits per heavy atom. The maximum absolute atomic E-state index is 12.6. The second-order valence-corrected chi connectivity index (χ2v) is 9.96. The number of carbonyl (C=O) groups is 2. The molecular weight excluding hydrogens is 458 g/mol. The van der Waals surface area contributed by atoms with Crippen molar-refractivity contribution in [3.8, 4) is 5.75 Å². The van der Waals surface area contributed by atoms with Gasteiger partial charge in [0.05, 0.1) is 36.4 Å². The summed E-state index contributed by atoms with van der Waals surface area (Å²) in [4.78, 5) is 25.2. The molecule has 2 N–H and O–H groups in total. The average Bonchev–Trinajstić information content (AvgIpc) is 3.33. The monoisotopic (exact) mass is 489 g/mol. The summed E-state index contributed by atoms with van der Waals surface area (Å²) < 4.78 is 36.8. The molecule has 0 saturated carbocycles. The highest BCUT2D eigenvalue weighted by atomic mass is 32.2. The number of nitrogens with one attached hydrogen (secondary N) is 2. The fourth-order valence-corrected chi connectivity index (χ4v) is 4.76. The maximum Gasteiger partial charge on any atom is 0.253 e. The fourth-order valence-electron chi connectivity index (χ4n) is 3.79. The molecule has 0 aromatic heterocycles. The second kappa shape index (κ2) is 11.8. The second-order valence-electron chi connectivity index (χ2n) is 8.05. The van der Waals surface area contributed by atoms with Crippen LogP contribution in [0.4, 0.5) is 11.4 Å². The Kier molecular flexibility index (Phi) is 8.89. The van der Waals surface area contributed by atoms with Gasteiger partial charge in [0.15, 0.2) is 0 Å². The van der Waals surface area contributed by atoms with Crippen LogP contribution in [-0.4, -0.2) is 59.4 Å². The van der Waals surface area contributed by atoms with Crippen LogP contribution in [0.15, 0.2) is 48.5 Å². The van der Waals surface area contributed by atoms with Gasteiger partial charge in [0.2, 0.25) is 15.9 Å². The standard InChI is InChI=1S/C24H31N3O6S/c1-32-22-13-6-5-12-21(22)27(34(2,30)31)15-7-14-23(28)26-20-11-4-3-10-19(20)24(29)25-17-18-9-8-16-33-18/h3-6,10-13,18H,7-9,14-17H2,1-2H3,(H,25,29)(H,26,28). The molecule has 0 bridgehead atoms. The van der Waals surface area contributed by atoms with Gasteiger partial charge in [-0.25, -0.2) is 8.42 Å². The van der Waals surface area contributed by atoms with Crippen LogP contribution >= 0.6 is 0 Å². The van der Waals surface area contributed by atoms with Gasteiger partial charge < -0.3 is 20.1 Å². The molecular formula is C24H31N3O6S. The zero-order chi connectivity index (χ0) is 24.6. The van der Waals surface area contributed by atoms with Crippen LogP contribution in [0.1, 0.15) is 36.0 Å². The molecule has 0 radical (unpaired) electrons. The van der Waals surface area contributed by atoms with Crippen molar-refractivity contribution in [3.05, 3.63) is 54.1 Å². The number of amides is 2. The summed E-state index contributed by atoms with van der Waals surface area (Å²) in [6, 6.07) is 13.6. The first-order valence-corrected chi connectivity index (χ1v) is 13.0. The number of rotatable bonds is 11. The third-order valence-corrected chi connectivity index (χ3v) is 6.66. The lowest BCUT2D eigenvalue weighted by atomic mass is 10.1. The van der Waals surface area contributed by atoms with Gasteiger partial charge in [-0.2, -0.15) is 0 Å². The van der Waals surface area contributed by atoms with Crippen molar-refractivity contribution in [2.75, 3.05) is 42.7 Å². The van der Waals surface area contributed by atoms with E-state index in [1.54, 1.807) is 48.5 Å². The number of benzene rings is 2. The van der Waals surface area contributed by atoms with E-state index >= 15 is 0 Å². The molecule has 1 aliphatic rings. The van der Waals surface area contributed by atoms with Crippen LogP contribution in [0.25, 0.3) is 0 Å². The highest BCUT2D eigenvalue weighted by Crippen LogP contribution is 2.29. The molecule has 1 fully saturated rings. The van der Waals surface area contributed by atoms with E-state index in [1.165, 1.54) is 11.4 Å². The normalized spacial score (nSPS) is 15.5. The van der Waals surface area contributed by atoms with Crippen LogP contribution in [0.3, 0.4) is 0 Å². The zero-order valence-corrected chi connectivity index (χ0v) is 20.3. The predicted octanol–water partition coefficient (Wildman–Crippen LogP) is 2.79. The molecule has 0 aliphatic carbocycles. The Labute approximate surface area is 200 Å². The minimum atomic E-state index is -3.58. The molecule has 1 aliphatic heterocycles. The van der Waals surface area contributed by atoms with E-state index in [2.05, 4.69) is 10.6 Å². The summed E-state index contributed by atoms with van der Waals surface area (Å²) in [5, 5.41) is 5.63. The molecule has 34 heavy (non-hydrogen) atoms. The first-order chi connectivity index (χ1) is 16.3. The Bertz CT molecular complexity index is 1100. The summed E-state index contributed by atoms with van der Waals surface area (Å²) in [6.07, 6.45) is 3.40. The Hall–Kier alpha value is -3.11. The van der Waals surface area contributed by atoms with Gasteiger partial charge in [0.1, 0.15) is 5.75 Å². The highest BCUT2D eigenvalue weighted by Gasteiger charge is 2.22. The van der Waals surface area contributed by atoms with Crippen molar-refractivity contribution < 1.29 is 27.5 Å². The molecule has 1 saturated heterocycles. The van der Waals surface area contributed by atoms with E-state index in [4.69, 9.17) is 9.47 Å². The number of hydrogen-bond acceptors (Lipinski definition) is 6. The Morgan fingerprint density at radius 1 is 1.15 bits per heavy atom. The van der Waals surface area contributed by atoms with Gasteiger partial charge in [-0.15, -0.1) is 0 Å². The van der Waals surface area contributed by atoms with Crippen LogP contribution in [0.5, 0.6) is 5.75 Å². The Balaban J connectivity index is 1.58. The molecule has 3 rings (SSSR count). The fraction of sp³-hybridized carbons (Fsp3) is 0.417. The van der Waals surface area contributed by atoms with E-state index in [0.717, 1.165) is 19.1 Å². The van der Waals surface area contributed by atoms with Gasteiger partial charge >= 0.3 is 0 Å². The van der Waals surface area contributed by atoms with Gasteiger partial charge in [0.25, 0.3) is 5.91 Å². The van der Waals surface area contributed by atoms with Crippen LogP contribution < -0.4 is 19.7 Å². The highest BCUT2D eigenvalue weighted by molar-refractivity contribution is 7.92. The van der Waals surface area contributed by atoms with Crippen molar-refractivity contribution in [3.63, 3.8) is 0 Å². The van der Waals surface area contributed by atoms with Gasteiger partial charge in [0, 0.05) is 26.1 Å². The predicted molar refractivity (Wildman–Crippen MR) is 131 cm³/mol. The number of anilines is 2. The van der Waals surface area contributed by atoms with Crippen molar-refractivity contribution in [1.29, 1.82) is 0 Å². The summed E-state index contributed by atoms with van der Waals surface area (Å²) in [5.74, 6) is -0.168. The smallest absolute Gasteiger partial charge is 0.253 e. The lowest BCUT2D eigenvalue weighted by Gasteiger charge is -2.24. The Morgan fingerprint density at radius 2 is 1.88 bits per heavy atom. The number of para-hydroxylation sites is 3. The van der Waals surface area contributed by atoms with E-state index in [1.807, 2.05) is 0 Å². The molecule has 9 nitrogen and oxygen atoms in total. The number of sulfonamides is 1. The first kappa shape index (κ1) is 25.5. The SMILES string of the molecule is COc1ccccc1N(CCCC(=O)Nc1ccccc1C(=O)NCC1CCCO1)S(C)(=O)=O. The van der Waals surface area contributed by atoms with Gasteiger partial charge in [-0.05, 0) is 43.5 Å². The summed E-state index contributed by atoms with van der Waals surface area (Å²) in [7, 11) is -2.11. The topological polar surface area (TPSA) is 114 Å². The van der Waals surface area contributed by atoms with E-state index in [-0.39, 0.29) is 37.3 Å². The van der Waals surface area contributed by atoms with Crippen LogP contribution in [-0.2, 0) is 19.6 Å². The molecule has 2 amide bonds. The third-order valence-electron chi connectivity index (χ3n) is 5.48. The lowest BCUT2D eigenvalue weighted by molar-refractivity contribution is -0.116. The van der Waals surface area contributed by atoms with E-state index in [0.29, 0.717) is 35.8 Å². The summed E-state index contributed by atoms with van der Waals surface area (Å²) >= 11 is 0. The minimum absolute atomic E-state index is 0.0201. The minimum Gasteiger partial charge on any atom is -0.495 e. The number of nitrogens with zero attached hydrogens (tertiary/aromatic N) is 1. The van der Waals surface area contributed by atoms with Crippen LogP contribution in [0, 0.1) is 0 Å². The van der Waals surface area contributed by atoms with Gasteiger partial charge in [-0.1, -0.05) is 24.3 Å². The number of methoxy groups -OCH3 is 1. The molecule has 0 spiro atoms. The summed E-state index contributed by atoms with van der Waals surface area (Å²) in [6.45, 7) is 1.24. The van der Waals surface area contributed by atoms with Crippen LogP contribution in [0.2, 0.25) is 0 Å². The molecule has 2 aromatic carbocycles. The maximum atomic E-state index is 12.6. The van der Waals surface area contributed by atoms with Crippen molar-refractivity contribution in [1.82, 2.24) is 5.32 Å². The lowest BCUT2D eigenvalue weighted by Crippen LogP contribution is -2.32. The molecule has 1 heterocycles. The molecule has 1 unspecified atom stereocenters.